The minimum Gasteiger partial charge on any atom is -0.481 e. The van der Waals surface area contributed by atoms with Gasteiger partial charge in [0.05, 0.1) is 21.9 Å². The van der Waals surface area contributed by atoms with E-state index < -0.39 is 17.8 Å². The molecule has 3 rings (SSSR count). The Morgan fingerprint density at radius 2 is 1.76 bits per heavy atom. The fourth-order valence-corrected chi connectivity index (χ4v) is 3.61. The van der Waals surface area contributed by atoms with E-state index in [9.17, 15) is 14.7 Å². The predicted octanol–water partition coefficient (Wildman–Crippen LogP) is 3.45. The van der Waals surface area contributed by atoms with Crippen molar-refractivity contribution in [1.82, 2.24) is 0 Å². The number of anilines is 1. The number of hydrogen-bond acceptors (Lipinski definition) is 2. The van der Waals surface area contributed by atoms with Crippen LogP contribution >= 0.6 is 23.2 Å². The first-order valence-electron chi connectivity index (χ1n) is 6.64. The van der Waals surface area contributed by atoms with Crippen molar-refractivity contribution in [2.45, 2.75) is 6.42 Å². The van der Waals surface area contributed by atoms with Crippen molar-refractivity contribution < 1.29 is 14.7 Å². The lowest BCUT2D eigenvalue weighted by molar-refractivity contribution is -0.146. The van der Waals surface area contributed by atoms with Gasteiger partial charge >= 0.3 is 5.97 Å². The van der Waals surface area contributed by atoms with E-state index in [1.54, 1.807) is 18.2 Å². The number of rotatable bonds is 3. The smallest absolute Gasteiger partial charge is 0.307 e. The molecule has 6 heteroatoms. The van der Waals surface area contributed by atoms with Crippen LogP contribution in [0.2, 0.25) is 10.0 Å². The Balaban J connectivity index is 1.80. The second-order valence-electron chi connectivity index (χ2n) is 5.46. The van der Waals surface area contributed by atoms with Crippen LogP contribution in [-0.4, -0.2) is 17.0 Å². The molecule has 4 nitrogen and oxygen atoms in total. The molecule has 1 aromatic carbocycles. The summed E-state index contributed by atoms with van der Waals surface area (Å²) in [6.07, 6.45) is 4.59. The first-order valence-corrected chi connectivity index (χ1v) is 7.40. The zero-order valence-electron chi connectivity index (χ0n) is 10.9. The summed E-state index contributed by atoms with van der Waals surface area (Å²) in [5.41, 5.74) is 0.519. The molecule has 0 saturated heterocycles. The van der Waals surface area contributed by atoms with Crippen molar-refractivity contribution in [2.75, 3.05) is 5.32 Å². The molecule has 1 saturated carbocycles. The maximum Gasteiger partial charge on any atom is 0.307 e. The summed E-state index contributed by atoms with van der Waals surface area (Å²) in [7, 11) is 0. The van der Waals surface area contributed by atoms with E-state index in [-0.39, 0.29) is 17.7 Å². The highest BCUT2D eigenvalue weighted by atomic mass is 35.5. The topological polar surface area (TPSA) is 66.4 Å². The Kier molecular flexibility index (Phi) is 3.68. The van der Waals surface area contributed by atoms with E-state index in [4.69, 9.17) is 23.2 Å². The van der Waals surface area contributed by atoms with Crippen LogP contribution in [0.5, 0.6) is 0 Å². The minimum absolute atomic E-state index is 0.00104. The number of carbonyl (C=O) groups excluding carboxylic acids is 1. The SMILES string of the molecule is O=C(O)[C@@H]1C2C=CC(C2)[C@@H]1C(=O)Nc1ccc(Cl)c(Cl)c1. The van der Waals surface area contributed by atoms with E-state index in [0.29, 0.717) is 15.7 Å². The third-order valence-electron chi connectivity index (χ3n) is 4.23. The summed E-state index contributed by atoms with van der Waals surface area (Å²) in [5, 5.41) is 12.8. The molecule has 21 heavy (non-hydrogen) atoms. The molecule has 2 N–H and O–H groups in total. The van der Waals surface area contributed by atoms with Crippen LogP contribution in [-0.2, 0) is 9.59 Å². The molecular weight excluding hydrogens is 313 g/mol. The largest absolute Gasteiger partial charge is 0.481 e. The number of carboxylic acids is 1. The third-order valence-corrected chi connectivity index (χ3v) is 4.97. The second-order valence-corrected chi connectivity index (χ2v) is 6.27. The van der Waals surface area contributed by atoms with Gasteiger partial charge in [0, 0.05) is 5.69 Å². The molecule has 0 radical (unpaired) electrons. The van der Waals surface area contributed by atoms with Gasteiger partial charge in [0.15, 0.2) is 0 Å². The molecule has 4 atom stereocenters. The number of carboxylic acid groups (broad SMARTS) is 1. The fourth-order valence-electron chi connectivity index (χ4n) is 3.32. The van der Waals surface area contributed by atoms with Crippen molar-refractivity contribution in [3.05, 3.63) is 40.4 Å². The molecule has 2 bridgehead atoms. The first-order chi connectivity index (χ1) is 9.97. The number of fused-ring (bicyclic) bond motifs is 2. The molecule has 1 fully saturated rings. The molecule has 0 spiro atoms. The number of benzene rings is 1. The van der Waals surface area contributed by atoms with Gasteiger partial charge in [-0.2, -0.15) is 0 Å². The minimum atomic E-state index is -0.916. The summed E-state index contributed by atoms with van der Waals surface area (Å²) in [4.78, 5) is 23.8. The molecule has 0 heterocycles. The summed E-state index contributed by atoms with van der Waals surface area (Å²) in [6.45, 7) is 0. The quantitative estimate of drug-likeness (QED) is 0.836. The number of carbonyl (C=O) groups is 2. The van der Waals surface area contributed by atoms with Crippen molar-refractivity contribution in [2.24, 2.45) is 23.7 Å². The Bertz CT molecular complexity index is 644. The maximum absolute atomic E-state index is 12.4. The average molecular weight is 326 g/mol. The van der Waals surface area contributed by atoms with Gasteiger partial charge in [-0.1, -0.05) is 35.4 Å². The molecule has 2 aliphatic rings. The maximum atomic E-state index is 12.4. The summed E-state index contributed by atoms with van der Waals surface area (Å²) < 4.78 is 0. The van der Waals surface area contributed by atoms with Crippen LogP contribution in [0.3, 0.4) is 0 Å². The van der Waals surface area contributed by atoms with Crippen molar-refractivity contribution in [3.63, 3.8) is 0 Å². The molecule has 1 amide bonds. The highest BCUT2D eigenvalue weighted by Gasteiger charge is 2.51. The van der Waals surface area contributed by atoms with Gasteiger partial charge in [-0.15, -0.1) is 0 Å². The van der Waals surface area contributed by atoms with Crippen LogP contribution in [0.1, 0.15) is 6.42 Å². The number of halogens is 2. The molecule has 1 aromatic rings. The van der Waals surface area contributed by atoms with E-state index in [1.807, 2.05) is 12.2 Å². The van der Waals surface area contributed by atoms with Gasteiger partial charge < -0.3 is 10.4 Å². The summed E-state index contributed by atoms with van der Waals surface area (Å²) >= 11 is 11.7. The normalized spacial score (nSPS) is 29.6. The van der Waals surface area contributed by atoms with Crippen LogP contribution in [0.25, 0.3) is 0 Å². The highest BCUT2D eigenvalue weighted by molar-refractivity contribution is 6.42. The van der Waals surface area contributed by atoms with Crippen molar-refractivity contribution in [3.8, 4) is 0 Å². The van der Waals surface area contributed by atoms with Crippen molar-refractivity contribution in [1.29, 1.82) is 0 Å². The number of nitrogens with one attached hydrogen (secondary N) is 1. The zero-order valence-corrected chi connectivity index (χ0v) is 12.4. The van der Waals surface area contributed by atoms with Crippen LogP contribution < -0.4 is 5.32 Å². The predicted molar refractivity (Wildman–Crippen MR) is 80.4 cm³/mol. The molecule has 0 aliphatic heterocycles. The Labute approximate surface area is 131 Å². The fraction of sp³-hybridized carbons (Fsp3) is 0.333. The van der Waals surface area contributed by atoms with Gasteiger partial charge in [-0.05, 0) is 36.5 Å². The lowest BCUT2D eigenvalue weighted by Crippen LogP contribution is -2.36. The van der Waals surface area contributed by atoms with Gasteiger partial charge in [0.1, 0.15) is 0 Å². The molecule has 2 unspecified atom stereocenters. The van der Waals surface area contributed by atoms with E-state index in [1.165, 1.54) is 0 Å². The van der Waals surface area contributed by atoms with E-state index >= 15 is 0 Å². The van der Waals surface area contributed by atoms with E-state index in [0.717, 1.165) is 6.42 Å². The third kappa shape index (κ3) is 2.54. The Morgan fingerprint density at radius 1 is 1.10 bits per heavy atom. The molecular formula is C15H13Cl2NO3. The van der Waals surface area contributed by atoms with Gasteiger partial charge in [-0.25, -0.2) is 0 Å². The van der Waals surface area contributed by atoms with Crippen LogP contribution in [0, 0.1) is 23.7 Å². The van der Waals surface area contributed by atoms with E-state index in [2.05, 4.69) is 5.32 Å². The van der Waals surface area contributed by atoms with Crippen molar-refractivity contribution >= 4 is 40.8 Å². The highest BCUT2D eigenvalue weighted by Crippen LogP contribution is 2.48. The Hall–Kier alpha value is -1.52. The van der Waals surface area contributed by atoms with Gasteiger partial charge in [0.25, 0.3) is 0 Å². The summed E-state index contributed by atoms with van der Waals surface area (Å²) in [6, 6.07) is 4.79. The number of hydrogen-bond donors (Lipinski definition) is 2. The molecule has 2 aliphatic carbocycles. The van der Waals surface area contributed by atoms with Gasteiger partial charge in [0.2, 0.25) is 5.91 Å². The van der Waals surface area contributed by atoms with Gasteiger partial charge in [-0.3, -0.25) is 9.59 Å². The van der Waals surface area contributed by atoms with Crippen LogP contribution in [0.15, 0.2) is 30.4 Å². The second kappa shape index (κ2) is 5.35. The number of amides is 1. The molecule has 110 valence electrons. The standard InChI is InChI=1S/C15H13Cl2NO3/c16-10-4-3-9(6-11(10)17)18-14(19)12-7-1-2-8(5-7)13(12)15(20)21/h1-4,6-8,12-13H,5H2,(H,18,19)(H,20,21)/t7?,8?,12-,13+/m0/s1. The summed E-state index contributed by atoms with van der Waals surface area (Å²) in [5.74, 6) is -2.43. The Morgan fingerprint density at radius 3 is 2.38 bits per heavy atom. The molecule has 0 aromatic heterocycles. The number of aliphatic carboxylic acids is 1. The monoisotopic (exact) mass is 325 g/mol. The average Bonchev–Trinajstić information content (AvgIpc) is 3.03. The lowest BCUT2D eigenvalue weighted by Gasteiger charge is -2.23. The van der Waals surface area contributed by atoms with Crippen LogP contribution in [0.4, 0.5) is 5.69 Å². The zero-order chi connectivity index (χ0) is 15.1. The first kappa shape index (κ1) is 14.4. The lowest BCUT2D eigenvalue weighted by atomic mass is 9.82. The number of allylic oxidation sites excluding steroid dienone is 2.